The van der Waals surface area contributed by atoms with Gasteiger partial charge in [0.1, 0.15) is 17.4 Å². The highest BCUT2D eigenvalue weighted by molar-refractivity contribution is 5.84. The number of carbonyl (C=O) groups is 1. The smallest absolute Gasteiger partial charge is 0.412 e. The highest BCUT2D eigenvalue weighted by Crippen LogP contribution is 2.16. The van der Waals surface area contributed by atoms with Crippen LogP contribution in [-0.2, 0) is 4.74 Å². The molecule has 0 atom stereocenters. The average Bonchev–Trinajstić information content (AvgIpc) is 2.56. The molecule has 132 valence electrons. The van der Waals surface area contributed by atoms with Gasteiger partial charge in [-0.1, -0.05) is 26.0 Å². The van der Waals surface area contributed by atoms with Crippen LogP contribution >= 0.6 is 0 Å². The lowest BCUT2D eigenvalue weighted by molar-refractivity contribution is 0.168. The van der Waals surface area contributed by atoms with Crippen molar-refractivity contribution in [3.05, 3.63) is 36.4 Å². The van der Waals surface area contributed by atoms with Gasteiger partial charge in [0.05, 0.1) is 18.0 Å². The number of nitrogens with zero attached hydrogens (tertiary/aromatic N) is 1. The second-order valence-electron chi connectivity index (χ2n) is 4.08. The molecule has 0 unspecified atom stereocenters. The highest BCUT2D eigenvalue weighted by Gasteiger charge is 2.04. The molecule has 1 aromatic heterocycles. The SMILES string of the molecule is CC.CCOC(=O)Nc1ccc(N)c(N)n1.Nc1ccccc1O. The van der Waals surface area contributed by atoms with Crippen molar-refractivity contribution < 1.29 is 14.6 Å². The van der Waals surface area contributed by atoms with Crippen molar-refractivity contribution in [2.45, 2.75) is 20.8 Å². The van der Waals surface area contributed by atoms with Gasteiger partial charge in [-0.05, 0) is 31.2 Å². The Morgan fingerprint density at radius 1 is 1.12 bits per heavy atom. The number of carbonyl (C=O) groups excluding carboxylic acids is 1. The summed E-state index contributed by atoms with van der Waals surface area (Å²) >= 11 is 0. The van der Waals surface area contributed by atoms with E-state index in [1.54, 1.807) is 43.3 Å². The van der Waals surface area contributed by atoms with E-state index in [0.29, 0.717) is 23.8 Å². The van der Waals surface area contributed by atoms with Gasteiger partial charge in [0.25, 0.3) is 0 Å². The monoisotopic (exact) mass is 335 g/mol. The van der Waals surface area contributed by atoms with E-state index < -0.39 is 6.09 Å². The lowest BCUT2D eigenvalue weighted by atomic mass is 10.3. The molecule has 2 rings (SSSR count). The maximum atomic E-state index is 11.0. The van der Waals surface area contributed by atoms with Gasteiger partial charge in [-0.15, -0.1) is 0 Å². The zero-order chi connectivity index (χ0) is 18.5. The Kier molecular flexibility index (Phi) is 9.91. The number of hydrogen-bond acceptors (Lipinski definition) is 7. The summed E-state index contributed by atoms with van der Waals surface area (Å²) in [5.74, 6) is 0.641. The van der Waals surface area contributed by atoms with Crippen molar-refractivity contribution >= 4 is 29.1 Å². The zero-order valence-electron chi connectivity index (χ0n) is 14.1. The van der Waals surface area contributed by atoms with Gasteiger partial charge >= 0.3 is 6.09 Å². The van der Waals surface area contributed by atoms with Gasteiger partial charge in [0, 0.05) is 0 Å². The number of nitrogen functional groups attached to an aromatic ring is 3. The second-order valence-corrected chi connectivity index (χ2v) is 4.08. The van der Waals surface area contributed by atoms with Crippen LogP contribution in [0, 0.1) is 0 Å². The first-order chi connectivity index (χ1) is 11.4. The van der Waals surface area contributed by atoms with Crippen molar-refractivity contribution in [3.63, 3.8) is 0 Å². The third-order valence-electron chi connectivity index (χ3n) is 2.40. The van der Waals surface area contributed by atoms with Crippen LogP contribution in [0.15, 0.2) is 36.4 Å². The number of pyridine rings is 1. The zero-order valence-corrected chi connectivity index (χ0v) is 14.1. The fraction of sp³-hybridized carbons (Fsp3) is 0.250. The number of para-hydroxylation sites is 2. The molecule has 0 aliphatic carbocycles. The molecule has 0 saturated heterocycles. The molecule has 0 saturated carbocycles. The summed E-state index contributed by atoms with van der Waals surface area (Å²) in [6, 6.07) is 9.80. The van der Waals surface area contributed by atoms with Gasteiger partial charge in [0.15, 0.2) is 0 Å². The molecular formula is C16H25N5O3. The van der Waals surface area contributed by atoms with Gasteiger partial charge in [-0.3, -0.25) is 5.32 Å². The van der Waals surface area contributed by atoms with E-state index >= 15 is 0 Å². The lowest BCUT2D eigenvalue weighted by Crippen LogP contribution is -2.14. The normalized spacial score (nSPS) is 8.79. The van der Waals surface area contributed by atoms with E-state index in [1.807, 2.05) is 13.8 Å². The molecule has 8 heteroatoms. The Morgan fingerprint density at radius 3 is 2.21 bits per heavy atom. The molecule has 0 fully saturated rings. The van der Waals surface area contributed by atoms with Gasteiger partial charge in [-0.25, -0.2) is 9.78 Å². The maximum Gasteiger partial charge on any atom is 0.412 e. The van der Waals surface area contributed by atoms with Crippen molar-refractivity contribution in [2.24, 2.45) is 0 Å². The predicted molar refractivity (Wildman–Crippen MR) is 97.6 cm³/mol. The van der Waals surface area contributed by atoms with Crippen LogP contribution in [0.3, 0.4) is 0 Å². The third kappa shape index (κ3) is 7.74. The number of anilines is 4. The van der Waals surface area contributed by atoms with Crippen LogP contribution < -0.4 is 22.5 Å². The molecule has 0 aliphatic heterocycles. The molecule has 1 heterocycles. The van der Waals surface area contributed by atoms with Gasteiger partial charge in [-0.2, -0.15) is 0 Å². The van der Waals surface area contributed by atoms with E-state index in [4.69, 9.17) is 22.3 Å². The molecule has 24 heavy (non-hydrogen) atoms. The van der Waals surface area contributed by atoms with E-state index in [9.17, 15) is 4.79 Å². The molecule has 1 amide bonds. The summed E-state index contributed by atoms with van der Waals surface area (Å²) in [5, 5.41) is 11.2. The first-order valence-electron chi connectivity index (χ1n) is 7.43. The minimum Gasteiger partial charge on any atom is -0.506 e. The van der Waals surface area contributed by atoms with Gasteiger partial charge < -0.3 is 27.0 Å². The minimum atomic E-state index is -0.566. The van der Waals surface area contributed by atoms with E-state index in [0.717, 1.165) is 0 Å². The Balaban J connectivity index is 0.000000447. The molecular weight excluding hydrogens is 310 g/mol. The van der Waals surface area contributed by atoms with Crippen LogP contribution in [0.25, 0.3) is 0 Å². The number of amides is 1. The topological polar surface area (TPSA) is 150 Å². The highest BCUT2D eigenvalue weighted by atomic mass is 16.5. The first-order valence-corrected chi connectivity index (χ1v) is 7.43. The van der Waals surface area contributed by atoms with E-state index in [-0.39, 0.29) is 11.6 Å². The van der Waals surface area contributed by atoms with Crippen molar-refractivity contribution in [1.82, 2.24) is 4.98 Å². The predicted octanol–water partition coefficient (Wildman–Crippen LogP) is 2.81. The lowest BCUT2D eigenvalue weighted by Gasteiger charge is -2.05. The van der Waals surface area contributed by atoms with Crippen molar-refractivity contribution in [3.8, 4) is 5.75 Å². The number of nitrogens with two attached hydrogens (primary N) is 3. The number of rotatable bonds is 2. The molecule has 0 bridgehead atoms. The number of hydrogen-bond donors (Lipinski definition) is 5. The standard InChI is InChI=1S/C8H12N4O2.C6H7NO.C2H6/c1-2-14-8(13)12-6-4-3-5(9)7(10)11-6;7-5-3-1-2-4-6(5)8;1-2/h3-4H,2,9H2,1H3,(H3,10,11,12,13);1-4,8H,7H2;1-2H3. The number of benzene rings is 1. The van der Waals surface area contributed by atoms with E-state index in [2.05, 4.69) is 15.0 Å². The van der Waals surface area contributed by atoms with Gasteiger partial charge in [0.2, 0.25) is 0 Å². The maximum absolute atomic E-state index is 11.0. The molecule has 8 nitrogen and oxygen atoms in total. The molecule has 1 aromatic carbocycles. The first kappa shape index (κ1) is 20.8. The summed E-state index contributed by atoms with van der Waals surface area (Å²) in [6.45, 7) is 6.01. The van der Waals surface area contributed by atoms with Crippen LogP contribution in [0.5, 0.6) is 5.75 Å². The average molecular weight is 335 g/mol. The van der Waals surface area contributed by atoms with Crippen LogP contribution in [0.2, 0.25) is 0 Å². The third-order valence-corrected chi connectivity index (χ3v) is 2.40. The summed E-state index contributed by atoms with van der Waals surface area (Å²) in [5.41, 5.74) is 17.0. The molecule has 8 N–H and O–H groups in total. The molecule has 0 spiro atoms. The van der Waals surface area contributed by atoms with Crippen molar-refractivity contribution in [2.75, 3.05) is 29.1 Å². The Morgan fingerprint density at radius 2 is 1.75 bits per heavy atom. The number of aromatic hydroxyl groups is 1. The molecule has 0 aliphatic rings. The fourth-order valence-corrected chi connectivity index (χ4v) is 1.31. The van der Waals surface area contributed by atoms with Crippen LogP contribution in [-0.4, -0.2) is 22.8 Å². The summed E-state index contributed by atoms with van der Waals surface area (Å²) in [6.07, 6.45) is -0.566. The summed E-state index contributed by atoms with van der Waals surface area (Å²) in [7, 11) is 0. The van der Waals surface area contributed by atoms with Crippen LogP contribution in [0.1, 0.15) is 20.8 Å². The Bertz CT molecular complexity index is 614. The van der Waals surface area contributed by atoms with Crippen molar-refractivity contribution in [1.29, 1.82) is 0 Å². The Labute approximate surface area is 141 Å². The van der Waals surface area contributed by atoms with Crippen LogP contribution in [0.4, 0.5) is 27.8 Å². The number of aromatic nitrogens is 1. The Hall–Kier alpha value is -3.16. The molecule has 2 aromatic rings. The minimum absolute atomic E-state index is 0.146. The summed E-state index contributed by atoms with van der Waals surface area (Å²) in [4.78, 5) is 14.8. The number of phenols is 1. The number of ether oxygens (including phenoxy) is 1. The molecule has 0 radical (unpaired) electrons. The quantitative estimate of drug-likeness (QED) is 0.418. The number of phenolic OH excluding ortho intramolecular Hbond substituents is 1. The largest absolute Gasteiger partial charge is 0.506 e. The number of nitrogens with one attached hydrogen (secondary N) is 1. The second kappa shape index (κ2) is 11.4. The fourth-order valence-electron chi connectivity index (χ4n) is 1.31. The summed E-state index contributed by atoms with van der Waals surface area (Å²) < 4.78 is 4.65. The van der Waals surface area contributed by atoms with E-state index in [1.165, 1.54) is 0 Å².